The van der Waals surface area contributed by atoms with Crippen LogP contribution in [-0.4, -0.2) is 36.5 Å². The van der Waals surface area contributed by atoms with Crippen molar-refractivity contribution in [1.29, 1.82) is 0 Å². The second-order valence-corrected chi connectivity index (χ2v) is 5.04. The van der Waals surface area contributed by atoms with Crippen molar-refractivity contribution in [3.8, 4) is 22.5 Å². The van der Waals surface area contributed by atoms with Gasteiger partial charge in [0.25, 0.3) is 0 Å². The Morgan fingerprint density at radius 3 is 2.83 bits per heavy atom. The van der Waals surface area contributed by atoms with E-state index < -0.39 is 5.97 Å². The monoisotopic (exact) mass is 305 g/mol. The van der Waals surface area contributed by atoms with Crippen LogP contribution >= 0.6 is 0 Å². The van der Waals surface area contributed by atoms with Crippen LogP contribution in [0.1, 0.15) is 10.4 Å². The highest BCUT2D eigenvalue weighted by Crippen LogP contribution is 2.33. The van der Waals surface area contributed by atoms with Crippen molar-refractivity contribution in [2.75, 3.05) is 0 Å². The predicted octanol–water partition coefficient (Wildman–Crippen LogP) is 2.71. The fourth-order valence-electron chi connectivity index (χ4n) is 2.55. The van der Waals surface area contributed by atoms with E-state index in [-0.39, 0.29) is 5.56 Å². The van der Waals surface area contributed by atoms with Crippen molar-refractivity contribution >= 4 is 16.9 Å². The number of pyridine rings is 1. The van der Waals surface area contributed by atoms with E-state index in [9.17, 15) is 9.90 Å². The molecule has 0 aliphatic carbocycles. The van der Waals surface area contributed by atoms with E-state index in [0.717, 1.165) is 27.7 Å². The highest BCUT2D eigenvalue weighted by Gasteiger charge is 2.16. The summed E-state index contributed by atoms with van der Waals surface area (Å²) in [5, 5.41) is 24.2. The third-order valence-corrected chi connectivity index (χ3v) is 3.65. The second-order valence-electron chi connectivity index (χ2n) is 5.04. The maximum atomic E-state index is 11.2. The van der Waals surface area contributed by atoms with E-state index >= 15 is 0 Å². The van der Waals surface area contributed by atoms with Crippen LogP contribution in [-0.2, 0) is 0 Å². The summed E-state index contributed by atoms with van der Waals surface area (Å²) in [7, 11) is 0. The van der Waals surface area contributed by atoms with Crippen molar-refractivity contribution < 1.29 is 9.90 Å². The van der Waals surface area contributed by atoms with Gasteiger partial charge in [0.2, 0.25) is 0 Å². The molecule has 23 heavy (non-hydrogen) atoms. The normalized spacial score (nSPS) is 11.0. The summed E-state index contributed by atoms with van der Waals surface area (Å²) in [4.78, 5) is 15.3. The molecule has 7 nitrogen and oxygen atoms in total. The molecule has 0 bridgehead atoms. The number of hydrogen-bond acceptors (Lipinski definition) is 4. The topological polar surface area (TPSA) is 108 Å². The number of carboxylic acid groups (broad SMARTS) is 1. The Morgan fingerprint density at radius 2 is 2.04 bits per heavy atom. The number of aromatic nitrogens is 5. The summed E-state index contributed by atoms with van der Waals surface area (Å²) in [5.41, 5.74) is 4.08. The summed E-state index contributed by atoms with van der Waals surface area (Å²) < 4.78 is 0. The van der Waals surface area contributed by atoms with Crippen molar-refractivity contribution in [3.05, 3.63) is 54.5 Å². The molecular formula is C16H11N5O2. The average molecular weight is 305 g/mol. The SMILES string of the molecule is O=C(O)c1ccc2[nH]nc(-c3cn[nH]c3-c3cccnc3)c2c1. The smallest absolute Gasteiger partial charge is 0.335 e. The van der Waals surface area contributed by atoms with E-state index in [2.05, 4.69) is 25.4 Å². The molecule has 112 valence electrons. The third kappa shape index (κ3) is 2.15. The largest absolute Gasteiger partial charge is 0.478 e. The molecular weight excluding hydrogens is 294 g/mol. The Kier molecular flexibility index (Phi) is 2.90. The minimum atomic E-state index is -0.973. The Balaban J connectivity index is 1.92. The standard InChI is InChI=1S/C16H11N5O2/c22-16(23)9-3-4-13-11(6-9)15(21-19-13)12-8-18-20-14(12)10-2-1-5-17-7-10/h1-8H,(H,18,20)(H,19,21)(H,22,23). The van der Waals surface area contributed by atoms with Gasteiger partial charge in [-0.15, -0.1) is 0 Å². The molecule has 4 rings (SSSR count). The lowest BCUT2D eigenvalue weighted by Gasteiger charge is -2.01. The van der Waals surface area contributed by atoms with Gasteiger partial charge in [-0.2, -0.15) is 10.2 Å². The number of aromatic carboxylic acids is 1. The number of aromatic amines is 2. The number of hydrogen-bond donors (Lipinski definition) is 3. The van der Waals surface area contributed by atoms with Crippen molar-refractivity contribution in [2.24, 2.45) is 0 Å². The van der Waals surface area contributed by atoms with Crippen LogP contribution in [0.2, 0.25) is 0 Å². The molecule has 7 heteroatoms. The number of rotatable bonds is 3. The Morgan fingerprint density at radius 1 is 1.13 bits per heavy atom. The molecule has 0 aliphatic heterocycles. The summed E-state index contributed by atoms with van der Waals surface area (Å²) in [6, 6.07) is 8.62. The molecule has 3 heterocycles. The van der Waals surface area contributed by atoms with E-state index in [1.165, 1.54) is 0 Å². The minimum absolute atomic E-state index is 0.214. The predicted molar refractivity (Wildman–Crippen MR) is 83.9 cm³/mol. The lowest BCUT2D eigenvalue weighted by molar-refractivity contribution is 0.0697. The van der Waals surface area contributed by atoms with Gasteiger partial charge in [-0.05, 0) is 30.3 Å². The summed E-state index contributed by atoms with van der Waals surface area (Å²) in [6.45, 7) is 0. The second kappa shape index (κ2) is 5.06. The zero-order chi connectivity index (χ0) is 15.8. The van der Waals surface area contributed by atoms with Crippen molar-refractivity contribution in [1.82, 2.24) is 25.4 Å². The minimum Gasteiger partial charge on any atom is -0.478 e. The summed E-state index contributed by atoms with van der Waals surface area (Å²) in [5.74, 6) is -0.973. The number of carboxylic acids is 1. The van der Waals surface area contributed by atoms with Gasteiger partial charge in [-0.1, -0.05) is 0 Å². The number of H-pyrrole nitrogens is 2. The van der Waals surface area contributed by atoms with Gasteiger partial charge in [-0.3, -0.25) is 15.2 Å². The summed E-state index contributed by atoms with van der Waals surface area (Å²) >= 11 is 0. The van der Waals surface area contributed by atoms with Gasteiger partial charge in [0.05, 0.1) is 23.0 Å². The number of nitrogens with zero attached hydrogens (tertiary/aromatic N) is 3. The lowest BCUT2D eigenvalue weighted by atomic mass is 10.0. The van der Waals surface area contributed by atoms with Gasteiger partial charge in [0, 0.05) is 28.9 Å². The molecule has 0 atom stereocenters. The highest BCUT2D eigenvalue weighted by molar-refractivity contribution is 6.00. The molecule has 0 saturated carbocycles. The maximum Gasteiger partial charge on any atom is 0.335 e. The van der Waals surface area contributed by atoms with E-state index in [0.29, 0.717) is 5.69 Å². The van der Waals surface area contributed by atoms with Crippen LogP contribution in [0.4, 0.5) is 0 Å². The first-order valence-electron chi connectivity index (χ1n) is 6.89. The molecule has 3 N–H and O–H groups in total. The highest BCUT2D eigenvalue weighted by atomic mass is 16.4. The first-order valence-corrected chi connectivity index (χ1v) is 6.89. The number of fused-ring (bicyclic) bond motifs is 1. The molecule has 0 fully saturated rings. The fourth-order valence-corrected chi connectivity index (χ4v) is 2.55. The first kappa shape index (κ1) is 13.2. The fraction of sp³-hybridized carbons (Fsp3) is 0. The molecule has 3 aromatic heterocycles. The van der Waals surface area contributed by atoms with Crippen LogP contribution in [0.25, 0.3) is 33.4 Å². The quantitative estimate of drug-likeness (QED) is 0.539. The van der Waals surface area contributed by atoms with Crippen molar-refractivity contribution in [3.63, 3.8) is 0 Å². The van der Waals surface area contributed by atoms with Gasteiger partial charge in [0.15, 0.2) is 0 Å². The van der Waals surface area contributed by atoms with Gasteiger partial charge < -0.3 is 5.11 Å². The molecule has 0 spiro atoms. The van der Waals surface area contributed by atoms with Crippen LogP contribution < -0.4 is 0 Å². The van der Waals surface area contributed by atoms with Crippen LogP contribution in [0.15, 0.2) is 48.9 Å². The molecule has 4 aromatic rings. The number of nitrogens with one attached hydrogen (secondary N) is 2. The maximum absolute atomic E-state index is 11.2. The molecule has 0 aliphatic rings. The molecule has 0 saturated heterocycles. The van der Waals surface area contributed by atoms with Gasteiger partial charge in [-0.25, -0.2) is 4.79 Å². The van der Waals surface area contributed by atoms with Crippen LogP contribution in [0.5, 0.6) is 0 Å². The summed E-state index contributed by atoms with van der Waals surface area (Å²) in [6.07, 6.45) is 5.10. The van der Waals surface area contributed by atoms with E-state index in [1.807, 2.05) is 12.1 Å². The van der Waals surface area contributed by atoms with Gasteiger partial charge >= 0.3 is 5.97 Å². The Labute approximate surface area is 130 Å². The third-order valence-electron chi connectivity index (χ3n) is 3.65. The zero-order valence-electron chi connectivity index (χ0n) is 11.8. The van der Waals surface area contributed by atoms with E-state index in [4.69, 9.17) is 0 Å². The van der Waals surface area contributed by atoms with Crippen LogP contribution in [0.3, 0.4) is 0 Å². The molecule has 0 radical (unpaired) electrons. The zero-order valence-corrected chi connectivity index (χ0v) is 11.8. The number of benzene rings is 1. The Bertz CT molecular complexity index is 1000. The first-order chi connectivity index (χ1) is 11.2. The molecule has 1 aromatic carbocycles. The molecule has 0 unspecified atom stereocenters. The van der Waals surface area contributed by atoms with Crippen molar-refractivity contribution in [2.45, 2.75) is 0 Å². The lowest BCUT2D eigenvalue weighted by Crippen LogP contribution is -1.95. The number of carbonyl (C=O) groups is 1. The molecule has 0 amide bonds. The van der Waals surface area contributed by atoms with Gasteiger partial charge in [0.1, 0.15) is 5.69 Å². The Hall–Kier alpha value is -3.48. The van der Waals surface area contributed by atoms with E-state index in [1.54, 1.807) is 36.8 Å². The van der Waals surface area contributed by atoms with Crippen LogP contribution in [0, 0.1) is 0 Å². The average Bonchev–Trinajstić information content (AvgIpc) is 3.21.